The lowest BCUT2D eigenvalue weighted by Gasteiger charge is -2.09. The quantitative estimate of drug-likeness (QED) is 0.561. The fraction of sp³-hybridized carbons (Fsp3) is 0.118. The van der Waals surface area contributed by atoms with Crippen LogP contribution in [0.15, 0.2) is 41.9 Å². The van der Waals surface area contributed by atoms with Gasteiger partial charge in [-0.1, -0.05) is 6.07 Å². The second kappa shape index (κ2) is 6.68. The molecule has 0 spiro atoms. The summed E-state index contributed by atoms with van der Waals surface area (Å²) >= 11 is 1.25. The minimum absolute atomic E-state index is 0.106. The molecule has 0 saturated heterocycles. The van der Waals surface area contributed by atoms with E-state index in [0.717, 1.165) is 11.6 Å². The minimum Gasteiger partial charge on any atom is -0.304 e. The van der Waals surface area contributed by atoms with Gasteiger partial charge in [0, 0.05) is 6.20 Å². The average Bonchev–Trinajstić information content (AvgIpc) is 3.29. The van der Waals surface area contributed by atoms with E-state index >= 15 is 0 Å². The van der Waals surface area contributed by atoms with E-state index in [-0.39, 0.29) is 17.3 Å². The summed E-state index contributed by atoms with van der Waals surface area (Å²) in [4.78, 5) is 24.9. The van der Waals surface area contributed by atoms with Crippen molar-refractivity contribution in [2.24, 2.45) is 0 Å². The number of aromatic nitrogens is 5. The number of carbonyl (C=O) groups is 1. The molecule has 0 aliphatic rings. The molecule has 0 aliphatic heterocycles. The summed E-state index contributed by atoms with van der Waals surface area (Å²) in [7, 11) is 0. The number of thiophene rings is 1. The van der Waals surface area contributed by atoms with Crippen LogP contribution in [0, 0.1) is 6.92 Å². The number of hydrogen-bond donors (Lipinski definition) is 1. The summed E-state index contributed by atoms with van der Waals surface area (Å²) in [6, 6.07) is 7.59. The molecule has 1 N–H and O–H groups in total. The lowest BCUT2D eigenvalue weighted by molar-refractivity contribution is -0.142. The fourth-order valence-electron chi connectivity index (χ4n) is 2.49. The molecule has 0 aliphatic carbocycles. The van der Waals surface area contributed by atoms with E-state index in [9.17, 15) is 18.0 Å². The maximum absolute atomic E-state index is 13.5. The smallest absolute Gasteiger partial charge is 0.304 e. The number of anilines is 1. The van der Waals surface area contributed by atoms with Crippen LogP contribution in [0.25, 0.3) is 16.3 Å². The second-order valence-corrected chi connectivity index (χ2v) is 6.77. The first kappa shape index (κ1) is 18.0. The highest BCUT2D eigenvalue weighted by molar-refractivity contribution is 7.13. The largest absolute Gasteiger partial charge is 0.433 e. The molecule has 11 heteroatoms. The summed E-state index contributed by atoms with van der Waals surface area (Å²) < 4.78 is 41.1. The number of aryl methyl sites for hydroxylation is 1. The molecule has 28 heavy (non-hydrogen) atoms. The van der Waals surface area contributed by atoms with E-state index in [1.165, 1.54) is 17.5 Å². The van der Waals surface area contributed by atoms with Crippen LogP contribution in [0.5, 0.6) is 0 Å². The molecule has 0 fully saturated rings. The van der Waals surface area contributed by atoms with Gasteiger partial charge in [0.2, 0.25) is 5.82 Å². The zero-order chi connectivity index (χ0) is 19.9. The highest BCUT2D eigenvalue weighted by Crippen LogP contribution is 2.33. The van der Waals surface area contributed by atoms with Gasteiger partial charge in [-0.2, -0.15) is 22.7 Å². The number of fused-ring (bicyclic) bond motifs is 1. The average molecular weight is 404 g/mol. The highest BCUT2D eigenvalue weighted by Gasteiger charge is 2.36. The Labute approximate surface area is 159 Å². The third-order valence-electron chi connectivity index (χ3n) is 3.74. The molecule has 0 bridgehead atoms. The Kier molecular flexibility index (Phi) is 4.30. The number of nitrogens with one attached hydrogen (secondary N) is 1. The maximum atomic E-state index is 13.5. The van der Waals surface area contributed by atoms with Crippen LogP contribution >= 0.6 is 11.3 Å². The predicted molar refractivity (Wildman–Crippen MR) is 96.0 cm³/mol. The standard InChI is InChI=1S/C17H11F3N6OS/c1-9-4-5-21-13(7-9)23-15(27)14-24-16-22-10(11-3-2-6-28-11)8-12(17(18,19)20)26(16)25-14/h2-8H,1H3,(H,21,23,27). The number of amides is 1. The summed E-state index contributed by atoms with van der Waals surface area (Å²) in [5, 5.41) is 7.90. The minimum atomic E-state index is -4.70. The number of carbonyl (C=O) groups excluding carboxylic acids is 1. The first-order valence-corrected chi connectivity index (χ1v) is 8.82. The molecule has 4 aromatic rings. The van der Waals surface area contributed by atoms with Crippen molar-refractivity contribution >= 4 is 28.8 Å². The molecule has 0 aromatic carbocycles. The monoisotopic (exact) mass is 404 g/mol. The van der Waals surface area contributed by atoms with Crippen molar-refractivity contribution in [2.45, 2.75) is 13.1 Å². The van der Waals surface area contributed by atoms with Crippen molar-refractivity contribution in [3.05, 3.63) is 59.0 Å². The van der Waals surface area contributed by atoms with Gasteiger partial charge in [0.15, 0.2) is 5.69 Å². The van der Waals surface area contributed by atoms with Crippen molar-refractivity contribution in [1.29, 1.82) is 0 Å². The van der Waals surface area contributed by atoms with E-state index in [1.807, 2.05) is 6.92 Å². The Morgan fingerprint density at radius 3 is 2.71 bits per heavy atom. The van der Waals surface area contributed by atoms with Crippen molar-refractivity contribution in [3.63, 3.8) is 0 Å². The fourth-order valence-corrected chi connectivity index (χ4v) is 3.18. The summed E-state index contributed by atoms with van der Waals surface area (Å²) in [5.41, 5.74) is -0.106. The van der Waals surface area contributed by atoms with E-state index < -0.39 is 23.6 Å². The highest BCUT2D eigenvalue weighted by atomic mass is 32.1. The van der Waals surface area contributed by atoms with Gasteiger partial charge in [-0.15, -0.1) is 16.4 Å². The van der Waals surface area contributed by atoms with Crippen LogP contribution in [0.1, 0.15) is 21.9 Å². The lowest BCUT2D eigenvalue weighted by Crippen LogP contribution is -2.16. The molecule has 0 atom stereocenters. The SMILES string of the molecule is Cc1ccnc(NC(=O)c2nc3nc(-c4cccs4)cc(C(F)(F)F)n3n2)c1. The number of alkyl halides is 3. The maximum Gasteiger partial charge on any atom is 0.433 e. The van der Waals surface area contributed by atoms with Crippen molar-refractivity contribution in [3.8, 4) is 10.6 Å². The molecule has 4 heterocycles. The van der Waals surface area contributed by atoms with Gasteiger partial charge in [0.25, 0.3) is 11.7 Å². The Morgan fingerprint density at radius 2 is 2.04 bits per heavy atom. The molecule has 1 amide bonds. The Bertz CT molecular complexity index is 1170. The molecular formula is C17H11F3N6OS. The summed E-state index contributed by atoms with van der Waals surface area (Å²) in [6.45, 7) is 1.81. The topological polar surface area (TPSA) is 85.1 Å². The van der Waals surface area contributed by atoms with Crippen LogP contribution in [0.2, 0.25) is 0 Å². The summed E-state index contributed by atoms with van der Waals surface area (Å²) in [5.74, 6) is -1.30. The Hall–Kier alpha value is -3.34. The molecule has 0 unspecified atom stereocenters. The Balaban J connectivity index is 1.78. The van der Waals surface area contributed by atoms with Crippen LogP contribution in [-0.2, 0) is 6.18 Å². The molecular weight excluding hydrogens is 393 g/mol. The van der Waals surface area contributed by atoms with E-state index in [0.29, 0.717) is 9.39 Å². The summed E-state index contributed by atoms with van der Waals surface area (Å²) in [6.07, 6.45) is -3.20. The van der Waals surface area contributed by atoms with Gasteiger partial charge in [0.1, 0.15) is 5.82 Å². The van der Waals surface area contributed by atoms with Crippen LogP contribution in [0.3, 0.4) is 0 Å². The van der Waals surface area contributed by atoms with Gasteiger partial charge in [0.05, 0.1) is 10.6 Å². The first-order valence-electron chi connectivity index (χ1n) is 7.94. The number of halogens is 3. The molecule has 7 nitrogen and oxygen atoms in total. The van der Waals surface area contributed by atoms with E-state index in [4.69, 9.17) is 0 Å². The number of pyridine rings is 1. The van der Waals surface area contributed by atoms with Crippen molar-refractivity contribution in [1.82, 2.24) is 24.6 Å². The third-order valence-corrected chi connectivity index (χ3v) is 4.63. The third kappa shape index (κ3) is 3.43. The van der Waals surface area contributed by atoms with Crippen LogP contribution in [0.4, 0.5) is 19.0 Å². The van der Waals surface area contributed by atoms with E-state index in [2.05, 4.69) is 25.4 Å². The number of nitrogens with zero attached hydrogens (tertiary/aromatic N) is 5. The zero-order valence-corrected chi connectivity index (χ0v) is 15.0. The van der Waals surface area contributed by atoms with Gasteiger partial charge in [-0.05, 0) is 42.1 Å². The lowest BCUT2D eigenvalue weighted by atomic mass is 10.3. The second-order valence-electron chi connectivity index (χ2n) is 5.82. The van der Waals surface area contributed by atoms with Crippen molar-refractivity contribution < 1.29 is 18.0 Å². The molecule has 4 aromatic heterocycles. The van der Waals surface area contributed by atoms with Gasteiger partial charge < -0.3 is 5.32 Å². The molecule has 0 saturated carbocycles. The van der Waals surface area contributed by atoms with Gasteiger partial charge in [-0.3, -0.25) is 4.79 Å². The van der Waals surface area contributed by atoms with E-state index in [1.54, 1.807) is 29.6 Å². The normalized spacial score (nSPS) is 11.7. The van der Waals surface area contributed by atoms with Crippen LogP contribution < -0.4 is 5.32 Å². The van der Waals surface area contributed by atoms with Gasteiger partial charge >= 0.3 is 6.18 Å². The number of hydrogen-bond acceptors (Lipinski definition) is 6. The Morgan fingerprint density at radius 1 is 1.21 bits per heavy atom. The molecule has 4 rings (SSSR count). The number of rotatable bonds is 3. The predicted octanol–water partition coefficient (Wildman–Crippen LogP) is 3.83. The molecule has 142 valence electrons. The van der Waals surface area contributed by atoms with Gasteiger partial charge in [-0.25, -0.2) is 9.97 Å². The van der Waals surface area contributed by atoms with Crippen molar-refractivity contribution in [2.75, 3.05) is 5.32 Å². The van der Waals surface area contributed by atoms with Crippen LogP contribution in [-0.4, -0.2) is 30.5 Å². The first-order chi connectivity index (χ1) is 13.3. The molecule has 0 radical (unpaired) electrons. The zero-order valence-electron chi connectivity index (χ0n) is 14.2.